The van der Waals surface area contributed by atoms with Crippen LogP contribution in [0.4, 0.5) is 0 Å². The number of carbonyl (C=O) groups is 7. The third kappa shape index (κ3) is 35.0. The van der Waals surface area contributed by atoms with E-state index in [0.29, 0.717) is 155 Å². The van der Waals surface area contributed by atoms with Gasteiger partial charge in [0.2, 0.25) is 29.5 Å². The molecule has 0 bridgehead atoms. The first-order chi connectivity index (χ1) is 44.9. The number of hydrogen-bond donors (Lipinski definition) is 14. The van der Waals surface area contributed by atoms with Crippen molar-refractivity contribution in [2.45, 2.75) is 282 Å². The van der Waals surface area contributed by atoms with Crippen LogP contribution >= 0.6 is 0 Å². The van der Waals surface area contributed by atoms with E-state index in [2.05, 4.69) is 47.4 Å². The van der Waals surface area contributed by atoms with Crippen molar-refractivity contribution >= 4 is 41.1 Å². The fourth-order valence-electron chi connectivity index (χ4n) is 11.0. The molecule has 28 nitrogen and oxygen atoms in total. The highest BCUT2D eigenvalue weighted by Gasteiger charge is 2.46. The van der Waals surface area contributed by atoms with E-state index in [4.69, 9.17) is 33.2 Å². The lowest BCUT2D eigenvalue weighted by Gasteiger charge is -2.42. The third-order valence-corrected chi connectivity index (χ3v) is 16.7. The van der Waals surface area contributed by atoms with Crippen molar-refractivity contribution in [1.82, 2.24) is 26.6 Å². The summed E-state index contributed by atoms with van der Waals surface area (Å²) < 4.78 is 39.2. The van der Waals surface area contributed by atoms with Crippen LogP contribution in [0, 0.1) is 23.7 Å². The number of aliphatic hydroxyl groups excluding tert-OH is 9. The van der Waals surface area contributed by atoms with Crippen molar-refractivity contribution in [1.29, 1.82) is 0 Å². The predicted molar refractivity (Wildman–Crippen MR) is 345 cm³/mol. The fourth-order valence-corrected chi connectivity index (χ4v) is 11.0. The summed E-state index contributed by atoms with van der Waals surface area (Å²) in [4.78, 5) is 91.2. The maximum Gasteiger partial charge on any atom is 0.223 e. The van der Waals surface area contributed by atoms with Gasteiger partial charge in [0, 0.05) is 110 Å². The Labute approximate surface area is 556 Å². The van der Waals surface area contributed by atoms with E-state index < -0.39 is 129 Å². The van der Waals surface area contributed by atoms with Gasteiger partial charge in [-0.25, -0.2) is 0 Å². The van der Waals surface area contributed by atoms with Crippen molar-refractivity contribution in [3.8, 4) is 0 Å². The second-order valence-electron chi connectivity index (χ2n) is 25.9. The van der Waals surface area contributed by atoms with Crippen LogP contribution in [0.1, 0.15) is 196 Å². The number of ketones is 2. The van der Waals surface area contributed by atoms with Gasteiger partial charge >= 0.3 is 0 Å². The second-order valence-corrected chi connectivity index (χ2v) is 25.9. The Hall–Kier alpha value is -3.95. The Balaban J connectivity index is 0.00000729. The first-order valence-electron chi connectivity index (χ1n) is 34.5. The highest BCUT2D eigenvalue weighted by molar-refractivity contribution is 5.92. The van der Waals surface area contributed by atoms with Gasteiger partial charge in [-0.3, -0.25) is 33.6 Å². The molecule has 0 saturated carbocycles. The molecule has 3 heterocycles. The quantitative estimate of drug-likeness (QED) is 0.0383. The van der Waals surface area contributed by atoms with E-state index in [9.17, 15) is 79.5 Å². The van der Waals surface area contributed by atoms with Crippen molar-refractivity contribution < 1.29 is 113 Å². The maximum atomic E-state index is 14.3. The van der Waals surface area contributed by atoms with Gasteiger partial charge in [-0.15, -0.1) is 0 Å². The lowest BCUT2D eigenvalue weighted by molar-refractivity contribution is -0.282. The SMILES string of the molecule is CC(C)C.COCCC(=O)CCCCCNC(=O)C(CCCCNC(=O)CCCCCO[C@@H]1OC(CO)[C@H](O)C(O)[C@@H]1NC(C)=O)CC(=O)C(CCCCNC(=O)CCCCCO[C@@H]1OC(CO)[C@H](O)C(O)[C@@H]1C)NC(=O)CCCCCO[C@@H]1OC(CO)[C@H](O)C(O)[C@@H]1C. The van der Waals surface area contributed by atoms with Gasteiger partial charge in [-0.2, -0.15) is 0 Å². The van der Waals surface area contributed by atoms with E-state index in [1.54, 1.807) is 13.8 Å². The number of rotatable bonds is 49. The molecule has 3 aliphatic rings. The largest absolute Gasteiger partial charge is 0.394 e. The van der Waals surface area contributed by atoms with Crippen molar-refractivity contribution in [3.63, 3.8) is 0 Å². The molecule has 8 unspecified atom stereocenters. The topological polar surface area (TPSA) is 426 Å². The monoisotopic (exact) mass is 1350 g/mol. The Morgan fingerprint density at radius 2 is 0.862 bits per heavy atom. The minimum Gasteiger partial charge on any atom is -0.394 e. The number of carbonyl (C=O) groups excluding carboxylic acids is 7. The molecule has 28 heteroatoms. The van der Waals surface area contributed by atoms with Gasteiger partial charge in [0.05, 0.1) is 44.7 Å². The molecule has 0 aromatic heterocycles. The summed E-state index contributed by atoms with van der Waals surface area (Å²) in [6, 6.07) is -1.99. The van der Waals surface area contributed by atoms with E-state index in [1.165, 1.54) is 14.0 Å². The van der Waals surface area contributed by atoms with Crippen molar-refractivity contribution in [3.05, 3.63) is 0 Å². The third-order valence-electron chi connectivity index (χ3n) is 16.7. The average Bonchev–Trinajstić information content (AvgIpc) is 0.893. The molecule has 0 radical (unpaired) electrons. The molecule has 5 amide bonds. The minimum atomic E-state index is -1.43. The number of methoxy groups -OCH3 is 1. The summed E-state index contributed by atoms with van der Waals surface area (Å²) in [5, 5.41) is 105. The fraction of sp³-hybridized carbons (Fsp3) is 0.894. The summed E-state index contributed by atoms with van der Waals surface area (Å²) in [6.45, 7) is 11.6. The summed E-state index contributed by atoms with van der Waals surface area (Å²) in [5.41, 5.74) is 0. The smallest absolute Gasteiger partial charge is 0.223 e. The molecule has 3 saturated heterocycles. The van der Waals surface area contributed by atoms with E-state index in [0.717, 1.165) is 5.92 Å². The zero-order valence-electron chi connectivity index (χ0n) is 57.2. The van der Waals surface area contributed by atoms with E-state index >= 15 is 0 Å². The molecule has 548 valence electrons. The highest BCUT2D eigenvalue weighted by Crippen LogP contribution is 2.29. The van der Waals surface area contributed by atoms with Crippen LogP contribution in [0.15, 0.2) is 0 Å². The summed E-state index contributed by atoms with van der Waals surface area (Å²) in [7, 11) is 1.54. The molecule has 94 heavy (non-hydrogen) atoms. The van der Waals surface area contributed by atoms with Crippen LogP contribution < -0.4 is 26.6 Å². The molecular weight excluding hydrogens is 1230 g/mol. The lowest BCUT2D eigenvalue weighted by Crippen LogP contribution is -2.64. The number of aliphatic hydroxyl groups is 9. The second kappa shape index (κ2) is 50.4. The molecular formula is C66H121N5O23. The Morgan fingerprint density at radius 1 is 0.457 bits per heavy atom. The standard InChI is InChI=1S/C62H111N5O23.C4H10/c1-39-53(77)55(79)46(36-68)88-60(39)85-31-18-6-10-24-50(75)64-29-17-14-23-44(67-51(76)26-12-8-19-32-86-61-40(2)54(78)56(80)47(37-69)89-61)45(73)35-42(59(83)65-30-15-5-9-22-43(72)27-34-84-4)21-13-16-28-63-49(74)25-11-7-20-33-87-62-52(66-41(3)71)58(82)57(81)48(38-70)90-62;1-4(2)3/h39-40,42,44,46-48,52-58,60-62,68-70,77-82H,5-38H2,1-4H3,(H,63,74)(H,64,75)(H,65,83)(H,66,71)(H,67,76);4H,1-3H3/t39-,40-,42?,44?,46?,47?,48?,52-,53?,54?,55-,56-,57-,58?,60+,61+,62+;/m0./s1. The number of nitrogens with one attached hydrogen (secondary N) is 5. The van der Waals surface area contributed by atoms with E-state index in [1.807, 2.05) is 0 Å². The molecule has 3 rings (SSSR count). The first kappa shape index (κ1) is 86.1. The highest BCUT2D eigenvalue weighted by atomic mass is 16.7. The zero-order chi connectivity index (χ0) is 70.0. The molecule has 14 N–H and O–H groups in total. The average molecular weight is 1350 g/mol. The zero-order valence-corrected chi connectivity index (χ0v) is 57.2. The van der Waals surface area contributed by atoms with E-state index in [-0.39, 0.29) is 80.5 Å². The molecule has 0 aromatic rings. The first-order valence-corrected chi connectivity index (χ1v) is 34.5. The van der Waals surface area contributed by atoms with Crippen molar-refractivity contribution in [2.75, 3.05) is 73.0 Å². The summed E-state index contributed by atoms with van der Waals surface area (Å²) >= 11 is 0. The molecule has 17 atom stereocenters. The Morgan fingerprint density at radius 3 is 1.33 bits per heavy atom. The maximum absolute atomic E-state index is 14.3. The van der Waals surface area contributed by atoms with Gasteiger partial charge in [-0.1, -0.05) is 66.7 Å². The van der Waals surface area contributed by atoms with Gasteiger partial charge < -0.3 is 106 Å². The van der Waals surface area contributed by atoms with Crippen LogP contribution in [0.25, 0.3) is 0 Å². The van der Waals surface area contributed by atoms with Gasteiger partial charge in [0.1, 0.15) is 54.6 Å². The molecule has 0 spiro atoms. The van der Waals surface area contributed by atoms with Gasteiger partial charge in [-0.05, 0) is 89.4 Å². The van der Waals surface area contributed by atoms with Crippen molar-refractivity contribution in [2.24, 2.45) is 23.7 Å². The van der Waals surface area contributed by atoms with Gasteiger partial charge in [0.25, 0.3) is 0 Å². The van der Waals surface area contributed by atoms with Crippen LogP contribution in [0.5, 0.6) is 0 Å². The summed E-state index contributed by atoms with van der Waals surface area (Å²) in [5.74, 6) is -2.70. The number of amides is 5. The summed E-state index contributed by atoms with van der Waals surface area (Å²) in [6.07, 6.45) is -2.71. The Kier molecular flexibility index (Phi) is 46.2. The normalized spacial score (nSPS) is 26.7. The molecule has 0 aromatic carbocycles. The van der Waals surface area contributed by atoms with Crippen LogP contribution in [0.2, 0.25) is 0 Å². The van der Waals surface area contributed by atoms with Crippen LogP contribution in [-0.4, -0.2) is 246 Å². The number of ether oxygens (including phenoxy) is 7. The van der Waals surface area contributed by atoms with Crippen LogP contribution in [0.3, 0.4) is 0 Å². The predicted octanol–water partition coefficient (Wildman–Crippen LogP) is 1.39. The molecule has 3 aliphatic heterocycles. The van der Waals surface area contributed by atoms with Crippen LogP contribution in [-0.2, 0) is 66.7 Å². The number of unbranched alkanes of at least 4 members (excludes halogenated alkanes) is 10. The molecule has 3 fully saturated rings. The number of Topliss-reactive ketones (excluding diaryl/α,β-unsaturated/α-hetero) is 2. The minimum absolute atomic E-state index is 0.0920. The Bertz CT molecular complexity index is 2100. The lowest BCUT2D eigenvalue weighted by atomic mass is 9.91. The number of hydrogen-bond acceptors (Lipinski definition) is 23. The molecule has 0 aliphatic carbocycles. The van der Waals surface area contributed by atoms with Gasteiger partial charge in [0.15, 0.2) is 24.7 Å².